The molecule has 0 radical (unpaired) electrons. The van der Waals surface area contributed by atoms with Crippen LogP contribution in [0.25, 0.3) is 6.08 Å². The van der Waals surface area contributed by atoms with Crippen LogP contribution in [0, 0.1) is 0 Å². The van der Waals surface area contributed by atoms with Gasteiger partial charge in [-0.15, -0.1) is 0 Å². The van der Waals surface area contributed by atoms with Crippen molar-refractivity contribution in [2.24, 2.45) is 0 Å². The maximum Gasteiger partial charge on any atom is 0.189 e. The molecule has 0 saturated heterocycles. The largest absolute Gasteiger partial charge is 0.508 e. The van der Waals surface area contributed by atoms with Gasteiger partial charge in [-0.2, -0.15) is 0 Å². The molecule has 0 aromatic heterocycles. The standard InChI is InChI=1S/C17H14O3/c18-14-8-7-11-5-6-13(17(20)15(11)10-14)9-12-3-1-2-4-16(12)19/h1-4,7-10,18-19H,5-6H2/b13-9+. The van der Waals surface area contributed by atoms with Gasteiger partial charge in [0.2, 0.25) is 0 Å². The third-order valence-electron chi connectivity index (χ3n) is 3.56. The topological polar surface area (TPSA) is 57.5 Å². The van der Waals surface area contributed by atoms with Crippen molar-refractivity contribution in [3.8, 4) is 11.5 Å². The molecule has 0 bridgehead atoms. The fraction of sp³-hybridized carbons (Fsp3) is 0.118. The van der Waals surface area contributed by atoms with Gasteiger partial charge in [0, 0.05) is 16.7 Å². The molecule has 0 heterocycles. The molecule has 2 aromatic rings. The van der Waals surface area contributed by atoms with Crippen molar-refractivity contribution in [2.45, 2.75) is 12.8 Å². The van der Waals surface area contributed by atoms with E-state index in [1.165, 1.54) is 6.07 Å². The lowest BCUT2D eigenvalue weighted by molar-refractivity contribution is 0.102. The highest BCUT2D eigenvalue weighted by atomic mass is 16.3. The summed E-state index contributed by atoms with van der Waals surface area (Å²) in [6, 6.07) is 11.8. The lowest BCUT2D eigenvalue weighted by atomic mass is 9.86. The van der Waals surface area contributed by atoms with Gasteiger partial charge in [-0.05, 0) is 42.7 Å². The number of benzene rings is 2. The van der Waals surface area contributed by atoms with Crippen LogP contribution in [0.15, 0.2) is 48.0 Å². The van der Waals surface area contributed by atoms with Crippen LogP contribution in [0.4, 0.5) is 0 Å². The number of carbonyl (C=O) groups excluding carboxylic acids is 1. The summed E-state index contributed by atoms with van der Waals surface area (Å²) in [5, 5.41) is 19.3. The molecule has 3 rings (SSSR count). The Labute approximate surface area is 116 Å². The normalized spacial score (nSPS) is 16.2. The fourth-order valence-electron chi connectivity index (χ4n) is 2.48. The summed E-state index contributed by atoms with van der Waals surface area (Å²) >= 11 is 0. The molecular formula is C17H14O3. The van der Waals surface area contributed by atoms with Crippen molar-refractivity contribution >= 4 is 11.9 Å². The van der Waals surface area contributed by atoms with E-state index in [1.54, 1.807) is 36.4 Å². The molecule has 1 aliphatic rings. The minimum absolute atomic E-state index is 0.0783. The summed E-state index contributed by atoms with van der Waals surface area (Å²) in [5.41, 5.74) is 2.81. The molecular weight excluding hydrogens is 252 g/mol. The smallest absolute Gasteiger partial charge is 0.189 e. The Morgan fingerprint density at radius 3 is 2.60 bits per heavy atom. The second-order valence-electron chi connectivity index (χ2n) is 4.90. The average Bonchev–Trinajstić information content (AvgIpc) is 2.45. The summed E-state index contributed by atoms with van der Waals surface area (Å²) in [7, 11) is 0. The number of ketones is 1. The van der Waals surface area contributed by atoms with Crippen LogP contribution in [0.3, 0.4) is 0 Å². The molecule has 20 heavy (non-hydrogen) atoms. The number of fused-ring (bicyclic) bond motifs is 1. The molecule has 0 aliphatic heterocycles. The van der Waals surface area contributed by atoms with E-state index in [9.17, 15) is 15.0 Å². The number of aryl methyl sites for hydroxylation is 1. The van der Waals surface area contributed by atoms with E-state index in [0.717, 1.165) is 12.0 Å². The summed E-state index contributed by atoms with van der Waals surface area (Å²) in [4.78, 5) is 12.4. The Bertz CT molecular complexity index is 714. The van der Waals surface area contributed by atoms with Crippen LogP contribution in [0.2, 0.25) is 0 Å². The number of hydrogen-bond donors (Lipinski definition) is 2. The quantitative estimate of drug-likeness (QED) is 0.778. The first-order valence-electron chi connectivity index (χ1n) is 6.50. The van der Waals surface area contributed by atoms with Crippen LogP contribution in [-0.4, -0.2) is 16.0 Å². The van der Waals surface area contributed by atoms with Crippen LogP contribution in [0.1, 0.15) is 27.9 Å². The number of allylic oxidation sites excluding steroid dienone is 1. The Kier molecular flexibility index (Phi) is 3.03. The average molecular weight is 266 g/mol. The van der Waals surface area contributed by atoms with Gasteiger partial charge in [0.15, 0.2) is 5.78 Å². The highest BCUT2D eigenvalue weighted by Gasteiger charge is 2.22. The maximum atomic E-state index is 12.4. The van der Waals surface area contributed by atoms with Gasteiger partial charge >= 0.3 is 0 Å². The first-order chi connectivity index (χ1) is 9.65. The van der Waals surface area contributed by atoms with Gasteiger partial charge in [-0.1, -0.05) is 24.3 Å². The monoisotopic (exact) mass is 266 g/mol. The number of hydrogen-bond acceptors (Lipinski definition) is 3. The molecule has 0 spiro atoms. The Hall–Kier alpha value is -2.55. The van der Waals surface area contributed by atoms with Crippen LogP contribution >= 0.6 is 0 Å². The zero-order valence-electron chi connectivity index (χ0n) is 10.8. The van der Waals surface area contributed by atoms with E-state index >= 15 is 0 Å². The number of aromatic hydroxyl groups is 2. The number of rotatable bonds is 1. The molecule has 2 aromatic carbocycles. The molecule has 0 atom stereocenters. The Balaban J connectivity index is 2.02. The zero-order valence-corrected chi connectivity index (χ0v) is 10.8. The number of phenols is 2. The van der Waals surface area contributed by atoms with E-state index in [0.29, 0.717) is 23.1 Å². The number of Topliss-reactive ketones (excluding diaryl/α,β-unsaturated/α-hetero) is 1. The van der Waals surface area contributed by atoms with Crippen molar-refractivity contribution in [1.29, 1.82) is 0 Å². The van der Waals surface area contributed by atoms with Crippen LogP contribution < -0.4 is 0 Å². The van der Waals surface area contributed by atoms with Gasteiger partial charge in [-0.25, -0.2) is 0 Å². The van der Waals surface area contributed by atoms with Gasteiger partial charge < -0.3 is 10.2 Å². The second-order valence-corrected chi connectivity index (χ2v) is 4.90. The van der Waals surface area contributed by atoms with Gasteiger partial charge in [0.1, 0.15) is 11.5 Å². The predicted molar refractivity (Wildman–Crippen MR) is 76.8 cm³/mol. The molecule has 2 N–H and O–H groups in total. The lowest BCUT2D eigenvalue weighted by Crippen LogP contribution is -2.13. The third kappa shape index (κ3) is 2.18. The predicted octanol–water partition coefficient (Wildman–Crippen LogP) is 3.31. The zero-order chi connectivity index (χ0) is 14.1. The van der Waals surface area contributed by atoms with Gasteiger partial charge in [-0.3, -0.25) is 4.79 Å². The van der Waals surface area contributed by atoms with E-state index < -0.39 is 0 Å². The lowest BCUT2D eigenvalue weighted by Gasteiger charge is -2.17. The number of carbonyl (C=O) groups is 1. The highest BCUT2D eigenvalue weighted by molar-refractivity contribution is 6.13. The molecule has 0 fully saturated rings. The summed E-state index contributed by atoms with van der Waals surface area (Å²) in [6.07, 6.45) is 3.14. The highest BCUT2D eigenvalue weighted by Crippen LogP contribution is 2.30. The summed E-state index contributed by atoms with van der Waals surface area (Å²) < 4.78 is 0. The first kappa shape index (κ1) is 12.5. The van der Waals surface area contributed by atoms with Crippen LogP contribution in [0.5, 0.6) is 11.5 Å². The molecule has 100 valence electrons. The summed E-state index contributed by atoms with van der Waals surface area (Å²) in [5.74, 6) is 0.181. The first-order valence-corrected chi connectivity index (χ1v) is 6.50. The molecule has 3 nitrogen and oxygen atoms in total. The Morgan fingerprint density at radius 2 is 1.80 bits per heavy atom. The molecule has 0 saturated carbocycles. The van der Waals surface area contributed by atoms with Crippen molar-refractivity contribution in [3.05, 3.63) is 64.7 Å². The second kappa shape index (κ2) is 4.85. The number of para-hydroxylation sites is 1. The van der Waals surface area contributed by atoms with Gasteiger partial charge in [0.25, 0.3) is 0 Å². The SMILES string of the molecule is O=C1/C(=C/c2ccccc2O)CCc2ccc(O)cc21. The third-order valence-corrected chi connectivity index (χ3v) is 3.56. The van der Waals surface area contributed by atoms with Gasteiger partial charge in [0.05, 0.1) is 0 Å². The van der Waals surface area contributed by atoms with Crippen molar-refractivity contribution in [2.75, 3.05) is 0 Å². The number of phenolic OH excluding ortho intramolecular Hbond substituents is 2. The van der Waals surface area contributed by atoms with Crippen molar-refractivity contribution in [3.63, 3.8) is 0 Å². The summed E-state index contributed by atoms with van der Waals surface area (Å²) in [6.45, 7) is 0. The van der Waals surface area contributed by atoms with Crippen molar-refractivity contribution < 1.29 is 15.0 Å². The van der Waals surface area contributed by atoms with Crippen molar-refractivity contribution in [1.82, 2.24) is 0 Å². The van der Waals surface area contributed by atoms with Crippen LogP contribution in [-0.2, 0) is 6.42 Å². The minimum Gasteiger partial charge on any atom is -0.508 e. The Morgan fingerprint density at radius 1 is 1.00 bits per heavy atom. The van der Waals surface area contributed by atoms with E-state index in [4.69, 9.17) is 0 Å². The molecule has 0 unspecified atom stereocenters. The fourth-order valence-corrected chi connectivity index (χ4v) is 2.48. The molecule has 3 heteroatoms. The van der Waals surface area contributed by atoms with E-state index in [2.05, 4.69) is 0 Å². The maximum absolute atomic E-state index is 12.4. The molecule has 0 amide bonds. The minimum atomic E-state index is -0.0783. The van der Waals surface area contributed by atoms with E-state index in [-0.39, 0.29) is 17.3 Å². The molecule has 1 aliphatic carbocycles. The van der Waals surface area contributed by atoms with E-state index in [1.807, 2.05) is 6.07 Å².